The Morgan fingerprint density at radius 2 is 1.40 bits per heavy atom. The van der Waals surface area contributed by atoms with Gasteiger partial charge >= 0.3 is 11.9 Å². The summed E-state index contributed by atoms with van der Waals surface area (Å²) >= 11 is 0. The minimum atomic E-state index is -0.684. The van der Waals surface area contributed by atoms with Gasteiger partial charge in [0.2, 0.25) is 0 Å². The molecular weight excluding hydrogens is 326 g/mol. The molecule has 0 saturated carbocycles. The minimum Gasteiger partial charge on any atom is -0.497 e. The second kappa shape index (κ2) is 7.96. The predicted octanol–water partition coefficient (Wildman–Crippen LogP) is 2.52. The van der Waals surface area contributed by atoms with E-state index in [1.807, 2.05) is 0 Å². The van der Waals surface area contributed by atoms with E-state index in [1.165, 1.54) is 39.5 Å². The number of hydrogen-bond acceptors (Lipinski definition) is 6. The summed E-state index contributed by atoms with van der Waals surface area (Å²) in [5.74, 6) is -1.08. The zero-order valence-electron chi connectivity index (χ0n) is 14.0. The van der Waals surface area contributed by atoms with Crippen LogP contribution in [0.15, 0.2) is 42.5 Å². The van der Waals surface area contributed by atoms with Crippen molar-refractivity contribution in [2.45, 2.75) is 0 Å². The summed E-state index contributed by atoms with van der Waals surface area (Å²) in [5, 5.41) is 2.63. The summed E-state index contributed by atoms with van der Waals surface area (Å²) in [6.45, 7) is 0. The van der Waals surface area contributed by atoms with Crippen LogP contribution in [0.5, 0.6) is 5.75 Å². The summed E-state index contributed by atoms with van der Waals surface area (Å²) in [7, 11) is 3.97. The molecule has 130 valence electrons. The summed E-state index contributed by atoms with van der Waals surface area (Å²) in [6, 6.07) is 10.7. The van der Waals surface area contributed by atoms with E-state index in [4.69, 9.17) is 9.47 Å². The van der Waals surface area contributed by atoms with Gasteiger partial charge in [0.1, 0.15) is 5.75 Å². The van der Waals surface area contributed by atoms with Gasteiger partial charge in [0.05, 0.1) is 38.1 Å². The van der Waals surface area contributed by atoms with Crippen molar-refractivity contribution in [2.75, 3.05) is 26.6 Å². The maximum atomic E-state index is 12.4. The van der Waals surface area contributed by atoms with Crippen LogP contribution in [0.1, 0.15) is 31.1 Å². The van der Waals surface area contributed by atoms with Gasteiger partial charge in [-0.15, -0.1) is 0 Å². The van der Waals surface area contributed by atoms with Crippen molar-refractivity contribution in [1.82, 2.24) is 0 Å². The Balaban J connectivity index is 2.31. The van der Waals surface area contributed by atoms with Crippen molar-refractivity contribution in [3.8, 4) is 5.75 Å². The Hall–Kier alpha value is -3.35. The predicted molar refractivity (Wildman–Crippen MR) is 90.1 cm³/mol. The quantitative estimate of drug-likeness (QED) is 0.839. The summed E-state index contributed by atoms with van der Waals surface area (Å²) in [5.41, 5.74) is 0.826. The molecule has 0 fully saturated rings. The van der Waals surface area contributed by atoms with E-state index in [0.29, 0.717) is 11.3 Å². The Labute approximate surface area is 144 Å². The molecule has 0 unspecified atom stereocenters. The molecule has 7 nitrogen and oxygen atoms in total. The Morgan fingerprint density at radius 3 is 1.96 bits per heavy atom. The van der Waals surface area contributed by atoms with Crippen molar-refractivity contribution in [3.05, 3.63) is 59.2 Å². The fraction of sp³-hybridized carbons (Fsp3) is 0.167. The maximum Gasteiger partial charge on any atom is 0.340 e. The van der Waals surface area contributed by atoms with Gasteiger partial charge in [-0.25, -0.2) is 9.59 Å². The molecule has 0 heterocycles. The molecule has 0 spiro atoms. The van der Waals surface area contributed by atoms with E-state index in [2.05, 4.69) is 10.1 Å². The Morgan fingerprint density at radius 1 is 0.800 bits per heavy atom. The highest BCUT2D eigenvalue weighted by Gasteiger charge is 2.18. The van der Waals surface area contributed by atoms with Crippen molar-refractivity contribution in [3.63, 3.8) is 0 Å². The van der Waals surface area contributed by atoms with Gasteiger partial charge < -0.3 is 19.5 Å². The van der Waals surface area contributed by atoms with Crippen LogP contribution in [-0.2, 0) is 9.47 Å². The average molecular weight is 343 g/mol. The molecule has 0 saturated heterocycles. The second-order valence-corrected chi connectivity index (χ2v) is 4.93. The molecule has 0 aliphatic carbocycles. The number of ether oxygens (including phenoxy) is 3. The summed E-state index contributed by atoms with van der Waals surface area (Å²) in [4.78, 5) is 35.9. The SMILES string of the molecule is COC(=O)c1ccc(NC(=O)c2ccc(OC)cc2)c(C(=O)OC)c1. The lowest BCUT2D eigenvalue weighted by atomic mass is 10.1. The van der Waals surface area contributed by atoms with E-state index in [-0.39, 0.29) is 16.8 Å². The first kappa shape index (κ1) is 18.0. The number of methoxy groups -OCH3 is 3. The van der Waals surface area contributed by atoms with Crippen LogP contribution >= 0.6 is 0 Å². The molecule has 2 aromatic carbocycles. The van der Waals surface area contributed by atoms with Crippen LogP contribution in [0, 0.1) is 0 Å². The average Bonchev–Trinajstić information content (AvgIpc) is 2.66. The lowest BCUT2D eigenvalue weighted by molar-refractivity contribution is 0.0600. The molecule has 25 heavy (non-hydrogen) atoms. The monoisotopic (exact) mass is 343 g/mol. The van der Waals surface area contributed by atoms with Gasteiger partial charge in [-0.3, -0.25) is 4.79 Å². The zero-order chi connectivity index (χ0) is 18.4. The van der Waals surface area contributed by atoms with Gasteiger partial charge in [-0.2, -0.15) is 0 Å². The van der Waals surface area contributed by atoms with Gasteiger partial charge in [0.25, 0.3) is 5.91 Å². The maximum absolute atomic E-state index is 12.4. The van der Waals surface area contributed by atoms with E-state index in [9.17, 15) is 14.4 Å². The molecule has 0 atom stereocenters. The van der Waals surface area contributed by atoms with Gasteiger partial charge in [0, 0.05) is 5.56 Å². The molecule has 0 aliphatic heterocycles. The van der Waals surface area contributed by atoms with Crippen LogP contribution in [-0.4, -0.2) is 39.2 Å². The Bertz CT molecular complexity index is 798. The highest BCUT2D eigenvalue weighted by molar-refractivity contribution is 6.08. The van der Waals surface area contributed by atoms with E-state index in [0.717, 1.165) is 0 Å². The van der Waals surface area contributed by atoms with E-state index in [1.54, 1.807) is 24.3 Å². The van der Waals surface area contributed by atoms with Crippen LogP contribution in [0.4, 0.5) is 5.69 Å². The van der Waals surface area contributed by atoms with Crippen molar-refractivity contribution < 1.29 is 28.6 Å². The molecule has 0 radical (unpaired) electrons. The number of esters is 2. The molecule has 1 amide bonds. The lowest BCUT2D eigenvalue weighted by Crippen LogP contribution is -2.16. The number of carbonyl (C=O) groups is 3. The van der Waals surface area contributed by atoms with Crippen molar-refractivity contribution in [2.24, 2.45) is 0 Å². The minimum absolute atomic E-state index is 0.0484. The Kier molecular flexibility index (Phi) is 5.73. The molecule has 2 aromatic rings. The highest BCUT2D eigenvalue weighted by Crippen LogP contribution is 2.21. The normalized spacial score (nSPS) is 9.88. The standard InChI is InChI=1S/C18H17NO6/c1-23-13-7-4-11(5-8-13)16(20)19-15-9-6-12(17(21)24-2)10-14(15)18(22)25-3/h4-10H,1-3H3,(H,19,20). The third kappa shape index (κ3) is 4.14. The fourth-order valence-electron chi connectivity index (χ4n) is 2.11. The number of rotatable bonds is 5. The first-order valence-corrected chi connectivity index (χ1v) is 7.26. The van der Waals surface area contributed by atoms with E-state index < -0.39 is 17.8 Å². The first-order valence-electron chi connectivity index (χ1n) is 7.26. The van der Waals surface area contributed by atoms with Crippen LogP contribution < -0.4 is 10.1 Å². The summed E-state index contributed by atoms with van der Waals surface area (Å²) < 4.78 is 14.4. The third-order valence-electron chi connectivity index (χ3n) is 3.45. The van der Waals surface area contributed by atoms with Crippen molar-refractivity contribution >= 4 is 23.5 Å². The van der Waals surface area contributed by atoms with Crippen molar-refractivity contribution in [1.29, 1.82) is 0 Å². The molecule has 0 aromatic heterocycles. The number of amides is 1. The van der Waals surface area contributed by atoms with E-state index >= 15 is 0 Å². The molecule has 7 heteroatoms. The second-order valence-electron chi connectivity index (χ2n) is 4.93. The van der Waals surface area contributed by atoms with Crippen LogP contribution in [0.2, 0.25) is 0 Å². The topological polar surface area (TPSA) is 90.9 Å². The third-order valence-corrected chi connectivity index (χ3v) is 3.45. The number of nitrogens with one attached hydrogen (secondary N) is 1. The highest BCUT2D eigenvalue weighted by atomic mass is 16.5. The largest absolute Gasteiger partial charge is 0.497 e. The van der Waals surface area contributed by atoms with Gasteiger partial charge in [-0.1, -0.05) is 0 Å². The number of hydrogen-bond donors (Lipinski definition) is 1. The molecule has 0 aliphatic rings. The number of benzene rings is 2. The summed E-state index contributed by atoms with van der Waals surface area (Å²) in [6.07, 6.45) is 0. The van der Waals surface area contributed by atoms with Crippen LogP contribution in [0.3, 0.4) is 0 Å². The molecule has 0 bridgehead atoms. The van der Waals surface area contributed by atoms with Gasteiger partial charge in [0.15, 0.2) is 0 Å². The molecular formula is C18H17NO6. The molecule has 1 N–H and O–H groups in total. The smallest absolute Gasteiger partial charge is 0.340 e. The number of carbonyl (C=O) groups excluding carboxylic acids is 3. The van der Waals surface area contributed by atoms with Gasteiger partial charge in [-0.05, 0) is 42.5 Å². The number of anilines is 1. The zero-order valence-corrected chi connectivity index (χ0v) is 14.0. The first-order chi connectivity index (χ1) is 12.0. The lowest BCUT2D eigenvalue weighted by Gasteiger charge is -2.11. The van der Waals surface area contributed by atoms with Crippen LogP contribution in [0.25, 0.3) is 0 Å². The molecule has 2 rings (SSSR count). The fourth-order valence-corrected chi connectivity index (χ4v) is 2.11.